The molecule has 1 aromatic carbocycles. The first-order valence-electron chi connectivity index (χ1n) is 5.71. The average molecular weight is 251 g/mol. The molecule has 1 atom stereocenters. The summed E-state index contributed by atoms with van der Waals surface area (Å²) in [6.07, 6.45) is 2.55. The molecule has 0 bridgehead atoms. The zero-order valence-corrected chi connectivity index (χ0v) is 9.92. The van der Waals surface area contributed by atoms with Crippen LogP contribution in [0, 0.1) is 0 Å². The lowest BCUT2D eigenvalue weighted by Gasteiger charge is -2.29. The third kappa shape index (κ3) is 1.35. The van der Waals surface area contributed by atoms with E-state index in [1.807, 2.05) is 0 Å². The van der Waals surface area contributed by atoms with Gasteiger partial charge >= 0.3 is 0 Å². The summed E-state index contributed by atoms with van der Waals surface area (Å²) < 4.78 is 5.66. The molecule has 1 spiro atoms. The van der Waals surface area contributed by atoms with E-state index >= 15 is 0 Å². The van der Waals surface area contributed by atoms with Gasteiger partial charge in [0.1, 0.15) is 0 Å². The second-order valence-electron chi connectivity index (χ2n) is 4.51. The highest BCUT2D eigenvalue weighted by Crippen LogP contribution is 2.44. The van der Waals surface area contributed by atoms with E-state index in [-0.39, 0.29) is 11.6 Å². The number of carbonyl (C=O) groups is 2. The Bertz CT molecular complexity index is 523. The maximum Gasteiger partial charge on any atom is 0.229 e. The normalized spacial score (nSPS) is 27.1. The van der Waals surface area contributed by atoms with Crippen molar-refractivity contribution in [2.24, 2.45) is 0 Å². The summed E-state index contributed by atoms with van der Waals surface area (Å²) in [4.78, 5) is 24.4. The predicted octanol–water partition coefficient (Wildman–Crippen LogP) is 2.80. The molecule has 1 aliphatic heterocycles. The molecule has 0 radical (unpaired) electrons. The summed E-state index contributed by atoms with van der Waals surface area (Å²) in [6.45, 7) is 0. The molecule has 1 unspecified atom stereocenters. The quantitative estimate of drug-likeness (QED) is 0.665. The maximum absolute atomic E-state index is 12.3. The second kappa shape index (κ2) is 3.57. The zero-order chi connectivity index (χ0) is 12.0. The summed E-state index contributed by atoms with van der Waals surface area (Å²) in [5, 5.41) is 0.395. The van der Waals surface area contributed by atoms with Gasteiger partial charge in [0.25, 0.3) is 0 Å². The largest absolute Gasteiger partial charge is 0.469 e. The Morgan fingerprint density at radius 2 is 2.06 bits per heavy atom. The van der Waals surface area contributed by atoms with E-state index in [2.05, 4.69) is 0 Å². The summed E-state index contributed by atoms with van der Waals surface area (Å²) in [5.41, 5.74) is -0.835. The molecular weight excluding hydrogens is 240 g/mol. The zero-order valence-electron chi connectivity index (χ0n) is 9.16. The van der Waals surface area contributed by atoms with Crippen molar-refractivity contribution in [3.05, 3.63) is 28.8 Å². The number of ketones is 2. The van der Waals surface area contributed by atoms with E-state index in [1.165, 1.54) is 0 Å². The number of ether oxygens (including phenoxy) is 1. The minimum absolute atomic E-state index is 0.110. The first-order chi connectivity index (χ1) is 8.15. The Kier molecular flexibility index (Phi) is 2.26. The number of Topliss-reactive ketones (excluding diaryl/α,β-unsaturated/α-hetero) is 2. The summed E-state index contributed by atoms with van der Waals surface area (Å²) in [6, 6.07) is 5.04. The molecule has 1 saturated carbocycles. The van der Waals surface area contributed by atoms with Gasteiger partial charge in [-0.2, -0.15) is 0 Å². The molecule has 17 heavy (non-hydrogen) atoms. The van der Waals surface area contributed by atoms with Crippen LogP contribution in [0.4, 0.5) is 0 Å². The number of benzene rings is 1. The van der Waals surface area contributed by atoms with E-state index in [4.69, 9.17) is 16.3 Å². The molecule has 1 heterocycles. The Morgan fingerprint density at radius 1 is 1.24 bits per heavy atom. The Morgan fingerprint density at radius 3 is 2.76 bits per heavy atom. The molecule has 88 valence electrons. The fraction of sp³-hybridized carbons (Fsp3) is 0.385. The molecule has 0 saturated heterocycles. The highest BCUT2D eigenvalue weighted by atomic mass is 35.5. The van der Waals surface area contributed by atoms with E-state index in [1.54, 1.807) is 18.2 Å². The van der Waals surface area contributed by atoms with Crippen LogP contribution >= 0.6 is 11.6 Å². The summed E-state index contributed by atoms with van der Waals surface area (Å²) in [7, 11) is 0. The van der Waals surface area contributed by atoms with Crippen LogP contribution in [0.1, 0.15) is 36.0 Å². The lowest BCUT2D eigenvalue weighted by molar-refractivity contribution is -0.132. The lowest BCUT2D eigenvalue weighted by atomic mass is 9.80. The summed E-state index contributed by atoms with van der Waals surface area (Å²) in [5.74, 6) is 0.0372. The molecule has 0 amide bonds. The van der Waals surface area contributed by atoms with Crippen molar-refractivity contribution >= 4 is 23.2 Å². The number of fused-ring (bicyclic) bond motifs is 1. The van der Waals surface area contributed by atoms with Gasteiger partial charge < -0.3 is 4.74 Å². The molecule has 0 N–H and O–H groups in total. The topological polar surface area (TPSA) is 43.4 Å². The lowest BCUT2D eigenvalue weighted by Crippen LogP contribution is -2.50. The van der Waals surface area contributed by atoms with Crippen molar-refractivity contribution in [1.29, 1.82) is 0 Å². The second-order valence-corrected chi connectivity index (χ2v) is 4.91. The first-order valence-corrected chi connectivity index (χ1v) is 6.08. The molecule has 0 aromatic heterocycles. The third-order valence-electron chi connectivity index (χ3n) is 3.49. The maximum atomic E-state index is 12.3. The number of hydrogen-bond acceptors (Lipinski definition) is 3. The minimum Gasteiger partial charge on any atom is -0.469 e. The van der Waals surface area contributed by atoms with Crippen molar-refractivity contribution in [3.63, 3.8) is 0 Å². The molecule has 1 fully saturated rings. The number of hydrogen-bond donors (Lipinski definition) is 0. The SMILES string of the molecule is O=C1CCCCC12Oc1c(Cl)cccc1C2=O. The van der Waals surface area contributed by atoms with Gasteiger partial charge in [0, 0.05) is 12.8 Å². The standard InChI is InChI=1S/C13H11ClO3/c14-9-5-3-4-8-11(9)17-13(12(8)16)7-2-1-6-10(13)15/h3-5H,1-2,6-7H2. The third-order valence-corrected chi connectivity index (χ3v) is 3.79. The molecule has 2 aliphatic rings. The van der Waals surface area contributed by atoms with E-state index in [0.29, 0.717) is 29.2 Å². The van der Waals surface area contributed by atoms with Crippen molar-refractivity contribution in [2.75, 3.05) is 0 Å². The average Bonchev–Trinajstić information content (AvgIpc) is 2.61. The van der Waals surface area contributed by atoms with Gasteiger partial charge in [0.05, 0.1) is 10.6 Å². The van der Waals surface area contributed by atoms with E-state index < -0.39 is 5.60 Å². The van der Waals surface area contributed by atoms with Crippen molar-refractivity contribution in [1.82, 2.24) is 0 Å². The van der Waals surface area contributed by atoms with Gasteiger partial charge in [-0.15, -0.1) is 0 Å². The highest BCUT2D eigenvalue weighted by molar-refractivity contribution is 6.34. The van der Waals surface area contributed by atoms with Crippen molar-refractivity contribution in [3.8, 4) is 5.75 Å². The Hall–Kier alpha value is -1.35. The molecule has 3 nitrogen and oxygen atoms in total. The number of rotatable bonds is 0. The van der Waals surface area contributed by atoms with Crippen LogP contribution in [0.3, 0.4) is 0 Å². The number of halogens is 1. The van der Waals surface area contributed by atoms with Crippen LogP contribution in [0.2, 0.25) is 5.02 Å². The van der Waals surface area contributed by atoms with Crippen molar-refractivity contribution in [2.45, 2.75) is 31.3 Å². The monoisotopic (exact) mass is 250 g/mol. The number of para-hydroxylation sites is 1. The molecular formula is C13H11ClO3. The van der Waals surface area contributed by atoms with Crippen LogP contribution in [0.15, 0.2) is 18.2 Å². The molecule has 4 heteroatoms. The van der Waals surface area contributed by atoms with Crippen LogP contribution in [0.25, 0.3) is 0 Å². The van der Waals surface area contributed by atoms with Gasteiger partial charge in [-0.3, -0.25) is 9.59 Å². The minimum atomic E-state index is -1.27. The van der Waals surface area contributed by atoms with E-state index in [0.717, 1.165) is 12.8 Å². The van der Waals surface area contributed by atoms with Gasteiger partial charge in [-0.05, 0) is 25.0 Å². The van der Waals surface area contributed by atoms with Gasteiger partial charge in [-0.25, -0.2) is 0 Å². The van der Waals surface area contributed by atoms with Gasteiger partial charge in [0.15, 0.2) is 11.5 Å². The van der Waals surface area contributed by atoms with Gasteiger partial charge in [0.2, 0.25) is 11.4 Å². The molecule has 1 aromatic rings. The molecule has 3 rings (SSSR count). The van der Waals surface area contributed by atoms with Crippen molar-refractivity contribution < 1.29 is 14.3 Å². The highest BCUT2D eigenvalue weighted by Gasteiger charge is 2.54. The van der Waals surface area contributed by atoms with Crippen LogP contribution in [0.5, 0.6) is 5.75 Å². The Labute approximate surface area is 104 Å². The predicted molar refractivity (Wildman–Crippen MR) is 62.6 cm³/mol. The fourth-order valence-corrected chi connectivity index (χ4v) is 2.79. The smallest absolute Gasteiger partial charge is 0.229 e. The fourth-order valence-electron chi connectivity index (χ4n) is 2.58. The van der Waals surface area contributed by atoms with Crippen LogP contribution in [-0.4, -0.2) is 17.2 Å². The summed E-state index contributed by atoms with van der Waals surface area (Å²) >= 11 is 6.00. The van der Waals surface area contributed by atoms with Crippen LogP contribution in [-0.2, 0) is 4.79 Å². The first kappa shape index (κ1) is 10.8. The Balaban J connectivity index is 2.12. The number of carbonyl (C=O) groups excluding carboxylic acids is 2. The van der Waals surface area contributed by atoms with Crippen LogP contribution < -0.4 is 4.74 Å². The molecule has 1 aliphatic carbocycles. The van der Waals surface area contributed by atoms with Gasteiger partial charge in [-0.1, -0.05) is 17.7 Å². The van der Waals surface area contributed by atoms with E-state index in [9.17, 15) is 9.59 Å².